The number of hydrogen-bond acceptors (Lipinski definition) is 5. The topological polar surface area (TPSA) is 69.7 Å². The van der Waals surface area contributed by atoms with Crippen LogP contribution in [0.15, 0.2) is 29.2 Å². The van der Waals surface area contributed by atoms with Crippen LogP contribution in [0.3, 0.4) is 0 Å². The van der Waals surface area contributed by atoms with Gasteiger partial charge < -0.3 is 10.2 Å². The van der Waals surface area contributed by atoms with E-state index < -0.39 is 9.84 Å². The Bertz CT molecular complexity index is 676. The predicted molar refractivity (Wildman–Crippen MR) is 88.3 cm³/mol. The molecule has 1 amide bonds. The van der Waals surface area contributed by atoms with E-state index in [9.17, 15) is 13.2 Å². The number of carbonyl (C=O) groups is 1. The van der Waals surface area contributed by atoms with E-state index in [1.54, 1.807) is 12.1 Å². The second-order valence-corrected chi connectivity index (χ2v) is 8.29. The molecular formula is C16H23N3O3S. The molecule has 0 saturated carbocycles. The van der Waals surface area contributed by atoms with Crippen LogP contribution in [0.5, 0.6) is 0 Å². The van der Waals surface area contributed by atoms with E-state index in [1.807, 2.05) is 4.90 Å². The average molecular weight is 337 g/mol. The predicted octanol–water partition coefficient (Wildman–Crippen LogP) is 0.210. The summed E-state index contributed by atoms with van der Waals surface area (Å²) in [6.45, 7) is 5.25. The van der Waals surface area contributed by atoms with Crippen LogP contribution in [0.2, 0.25) is 0 Å². The SMILES string of the molecule is CS(=O)(=O)c1cccc(C(=O)N2CCN(C3CCNC3)CC2)c1. The Morgan fingerprint density at radius 1 is 1.22 bits per heavy atom. The van der Waals surface area contributed by atoms with Crippen molar-refractivity contribution >= 4 is 15.7 Å². The molecule has 1 N–H and O–H groups in total. The van der Waals surface area contributed by atoms with Crippen LogP contribution >= 0.6 is 0 Å². The Balaban J connectivity index is 1.65. The molecule has 0 spiro atoms. The first-order valence-electron chi connectivity index (χ1n) is 7.99. The van der Waals surface area contributed by atoms with Crippen LogP contribution in [0.1, 0.15) is 16.8 Å². The highest BCUT2D eigenvalue weighted by atomic mass is 32.2. The monoisotopic (exact) mass is 337 g/mol. The van der Waals surface area contributed by atoms with E-state index in [0.29, 0.717) is 24.7 Å². The van der Waals surface area contributed by atoms with E-state index in [0.717, 1.165) is 32.4 Å². The fourth-order valence-corrected chi connectivity index (χ4v) is 3.95. The van der Waals surface area contributed by atoms with Crippen LogP contribution in [0, 0.1) is 0 Å². The second kappa shape index (κ2) is 6.59. The Morgan fingerprint density at radius 3 is 2.57 bits per heavy atom. The molecule has 7 heteroatoms. The lowest BCUT2D eigenvalue weighted by Gasteiger charge is -2.37. The van der Waals surface area contributed by atoms with Gasteiger partial charge in [0.2, 0.25) is 0 Å². The number of nitrogens with one attached hydrogen (secondary N) is 1. The van der Waals surface area contributed by atoms with Crippen LogP contribution in [0.4, 0.5) is 0 Å². The highest BCUT2D eigenvalue weighted by Gasteiger charge is 2.28. The summed E-state index contributed by atoms with van der Waals surface area (Å²) in [4.78, 5) is 17.1. The normalized spacial score (nSPS) is 23.2. The molecule has 23 heavy (non-hydrogen) atoms. The van der Waals surface area contributed by atoms with E-state index in [4.69, 9.17) is 0 Å². The molecule has 0 aromatic heterocycles. The van der Waals surface area contributed by atoms with Crippen molar-refractivity contribution in [2.45, 2.75) is 17.4 Å². The van der Waals surface area contributed by atoms with Crippen molar-refractivity contribution in [1.82, 2.24) is 15.1 Å². The Morgan fingerprint density at radius 2 is 1.96 bits per heavy atom. The first kappa shape index (κ1) is 16.4. The summed E-state index contributed by atoms with van der Waals surface area (Å²) >= 11 is 0. The fraction of sp³-hybridized carbons (Fsp3) is 0.562. The second-order valence-electron chi connectivity index (χ2n) is 6.27. The average Bonchev–Trinajstić information content (AvgIpc) is 3.08. The summed E-state index contributed by atoms with van der Waals surface area (Å²) in [5, 5.41) is 3.37. The third kappa shape index (κ3) is 3.73. The van der Waals surface area contributed by atoms with Gasteiger partial charge in [0.05, 0.1) is 4.90 Å². The molecule has 0 aliphatic carbocycles. The zero-order chi connectivity index (χ0) is 16.4. The number of hydrogen-bond donors (Lipinski definition) is 1. The van der Waals surface area contributed by atoms with Crippen LogP contribution in [-0.2, 0) is 9.84 Å². The van der Waals surface area contributed by atoms with Crippen molar-refractivity contribution in [1.29, 1.82) is 0 Å². The summed E-state index contributed by atoms with van der Waals surface area (Å²) < 4.78 is 23.3. The smallest absolute Gasteiger partial charge is 0.253 e. The minimum Gasteiger partial charge on any atom is -0.336 e. The number of sulfone groups is 1. The lowest BCUT2D eigenvalue weighted by atomic mass is 10.1. The third-order valence-corrected chi connectivity index (χ3v) is 5.77. The van der Waals surface area contributed by atoms with Gasteiger partial charge in [0.1, 0.15) is 0 Å². The number of amides is 1. The highest BCUT2D eigenvalue weighted by molar-refractivity contribution is 7.90. The van der Waals surface area contributed by atoms with Gasteiger partial charge >= 0.3 is 0 Å². The molecule has 1 aromatic rings. The van der Waals surface area contributed by atoms with Gasteiger partial charge in [0.15, 0.2) is 9.84 Å². The molecule has 1 unspecified atom stereocenters. The van der Waals surface area contributed by atoms with Crippen molar-refractivity contribution in [2.24, 2.45) is 0 Å². The van der Waals surface area contributed by atoms with Gasteiger partial charge in [-0.15, -0.1) is 0 Å². The van der Waals surface area contributed by atoms with Gasteiger partial charge in [-0.3, -0.25) is 9.69 Å². The maximum absolute atomic E-state index is 12.6. The maximum Gasteiger partial charge on any atom is 0.253 e. The number of rotatable bonds is 3. The van der Waals surface area contributed by atoms with E-state index in [2.05, 4.69) is 10.2 Å². The summed E-state index contributed by atoms with van der Waals surface area (Å²) in [5.74, 6) is -0.0836. The van der Waals surface area contributed by atoms with Gasteiger partial charge in [0.25, 0.3) is 5.91 Å². The maximum atomic E-state index is 12.6. The summed E-state index contributed by atoms with van der Waals surface area (Å²) in [7, 11) is -3.30. The molecule has 2 aliphatic heterocycles. The first-order valence-corrected chi connectivity index (χ1v) is 9.88. The molecule has 2 saturated heterocycles. The van der Waals surface area contributed by atoms with E-state index in [1.165, 1.54) is 18.6 Å². The van der Waals surface area contributed by atoms with Crippen molar-refractivity contribution in [3.05, 3.63) is 29.8 Å². The molecular weight excluding hydrogens is 314 g/mol. The fourth-order valence-electron chi connectivity index (χ4n) is 3.28. The molecule has 2 heterocycles. The lowest BCUT2D eigenvalue weighted by Crippen LogP contribution is -2.52. The largest absolute Gasteiger partial charge is 0.336 e. The quantitative estimate of drug-likeness (QED) is 0.854. The van der Waals surface area contributed by atoms with Gasteiger partial charge in [-0.2, -0.15) is 0 Å². The minimum atomic E-state index is -3.30. The van der Waals surface area contributed by atoms with E-state index >= 15 is 0 Å². The van der Waals surface area contributed by atoms with Gasteiger partial charge in [0, 0.05) is 50.6 Å². The standard InChI is InChI=1S/C16H23N3O3S/c1-23(21,22)15-4-2-3-13(11-15)16(20)19-9-7-18(8-10-19)14-5-6-17-12-14/h2-4,11,14,17H,5-10,12H2,1H3. The Labute approximate surface area is 137 Å². The van der Waals surface area contributed by atoms with Gasteiger partial charge in [-0.05, 0) is 31.2 Å². The number of nitrogens with zero attached hydrogens (tertiary/aromatic N) is 2. The highest BCUT2D eigenvalue weighted by Crippen LogP contribution is 2.16. The molecule has 1 atom stereocenters. The first-order chi connectivity index (χ1) is 10.9. The molecule has 126 valence electrons. The molecule has 1 aromatic carbocycles. The van der Waals surface area contributed by atoms with Crippen molar-refractivity contribution < 1.29 is 13.2 Å². The van der Waals surface area contributed by atoms with Crippen LogP contribution < -0.4 is 5.32 Å². The number of carbonyl (C=O) groups excluding carboxylic acids is 1. The zero-order valence-electron chi connectivity index (χ0n) is 13.4. The number of piperazine rings is 1. The molecule has 6 nitrogen and oxygen atoms in total. The lowest BCUT2D eigenvalue weighted by molar-refractivity contribution is 0.0583. The molecule has 0 bridgehead atoms. The van der Waals surface area contributed by atoms with Crippen molar-refractivity contribution in [3.8, 4) is 0 Å². The van der Waals surface area contributed by atoms with Crippen LogP contribution in [0.25, 0.3) is 0 Å². The Hall–Kier alpha value is -1.44. The summed E-state index contributed by atoms with van der Waals surface area (Å²) in [6, 6.07) is 6.90. The van der Waals surface area contributed by atoms with Gasteiger partial charge in [-0.1, -0.05) is 6.07 Å². The minimum absolute atomic E-state index is 0.0836. The van der Waals surface area contributed by atoms with Crippen molar-refractivity contribution in [3.63, 3.8) is 0 Å². The van der Waals surface area contributed by atoms with Gasteiger partial charge in [-0.25, -0.2) is 8.42 Å². The van der Waals surface area contributed by atoms with Crippen LogP contribution in [-0.4, -0.2) is 75.7 Å². The zero-order valence-corrected chi connectivity index (χ0v) is 14.2. The molecule has 2 fully saturated rings. The molecule has 3 rings (SSSR count). The molecule has 2 aliphatic rings. The molecule has 0 radical (unpaired) electrons. The third-order valence-electron chi connectivity index (χ3n) is 4.66. The summed E-state index contributed by atoms with van der Waals surface area (Å²) in [5.41, 5.74) is 0.448. The van der Waals surface area contributed by atoms with E-state index in [-0.39, 0.29) is 10.8 Å². The Kier molecular flexibility index (Phi) is 4.70. The van der Waals surface area contributed by atoms with Crippen molar-refractivity contribution in [2.75, 3.05) is 45.5 Å². The summed E-state index contributed by atoms with van der Waals surface area (Å²) in [6.07, 6.45) is 2.33. The number of benzene rings is 1.